The van der Waals surface area contributed by atoms with Crippen molar-refractivity contribution in [3.8, 4) is 17.2 Å². The Morgan fingerprint density at radius 1 is 1.07 bits per heavy atom. The Kier molecular flexibility index (Phi) is 6.84. The maximum absolute atomic E-state index is 12.7. The summed E-state index contributed by atoms with van der Waals surface area (Å²) in [6, 6.07) is 11.4. The summed E-state index contributed by atoms with van der Waals surface area (Å²) in [6.07, 6.45) is 0.664. The van der Waals surface area contributed by atoms with Gasteiger partial charge in [0.15, 0.2) is 11.5 Å². The number of fused-ring (bicyclic) bond motifs is 1. The second-order valence-electron chi connectivity index (χ2n) is 7.22. The van der Waals surface area contributed by atoms with Crippen molar-refractivity contribution in [2.75, 3.05) is 52.1 Å². The number of anilines is 2. The number of methoxy groups -OCH3 is 2. The fourth-order valence-electron chi connectivity index (χ4n) is 3.28. The molecule has 0 unspecified atom stereocenters. The van der Waals surface area contributed by atoms with Gasteiger partial charge in [0.05, 0.1) is 25.5 Å². The molecule has 0 radical (unpaired) electrons. The first-order valence-electron chi connectivity index (χ1n) is 9.92. The first-order valence-corrected chi connectivity index (χ1v) is 9.92. The van der Waals surface area contributed by atoms with Gasteiger partial charge in [-0.1, -0.05) is 6.92 Å². The molecule has 0 fully saturated rings. The van der Waals surface area contributed by atoms with E-state index in [1.807, 2.05) is 51.4 Å². The summed E-state index contributed by atoms with van der Waals surface area (Å²) in [5.74, 6) is 1.83. The van der Waals surface area contributed by atoms with Crippen LogP contribution in [0, 0.1) is 0 Å². The molecule has 7 nitrogen and oxygen atoms in total. The predicted octanol–water partition coefficient (Wildman–Crippen LogP) is 3.83. The van der Waals surface area contributed by atoms with Gasteiger partial charge in [-0.3, -0.25) is 4.79 Å². The van der Waals surface area contributed by atoms with Gasteiger partial charge >= 0.3 is 0 Å². The number of carbonyl (C=O) groups excluding carboxylic acids is 1. The zero-order valence-corrected chi connectivity index (χ0v) is 18.2. The molecule has 160 valence electrons. The monoisotopic (exact) mass is 411 g/mol. The molecule has 0 bridgehead atoms. The van der Waals surface area contributed by atoms with E-state index in [4.69, 9.17) is 14.2 Å². The minimum Gasteiger partial charge on any atom is -0.493 e. The summed E-state index contributed by atoms with van der Waals surface area (Å²) in [7, 11) is 7.18. The van der Waals surface area contributed by atoms with Crippen LogP contribution in [0.3, 0.4) is 0 Å². The van der Waals surface area contributed by atoms with Crippen LogP contribution >= 0.6 is 0 Å². The Labute approximate surface area is 177 Å². The van der Waals surface area contributed by atoms with E-state index >= 15 is 0 Å². The highest BCUT2D eigenvalue weighted by atomic mass is 16.5. The highest BCUT2D eigenvalue weighted by Crippen LogP contribution is 2.42. The summed E-state index contributed by atoms with van der Waals surface area (Å²) < 4.78 is 16.5. The number of ether oxygens (including phenoxy) is 3. The minimum atomic E-state index is -0.145. The normalized spacial score (nSPS) is 14.3. The second-order valence-corrected chi connectivity index (χ2v) is 7.22. The summed E-state index contributed by atoms with van der Waals surface area (Å²) in [4.78, 5) is 14.8. The van der Waals surface area contributed by atoms with Gasteiger partial charge in [0.1, 0.15) is 12.4 Å². The molecule has 1 aliphatic rings. The standard InChI is InChI=1S/C23H29N3O4/c1-6-18(24-15-7-9-16(10-8-15)30-12-11-26(2)3)22-17-13-20(28-4)21(29-5)14-19(17)25-23(22)27/h7-10,13-14,24H,6,11-12H2,1-5H3,(H,25,27). The molecular weight excluding hydrogens is 382 g/mol. The molecule has 2 N–H and O–H groups in total. The van der Waals surface area contributed by atoms with Crippen LogP contribution in [0.1, 0.15) is 18.9 Å². The average molecular weight is 412 g/mol. The smallest absolute Gasteiger partial charge is 0.258 e. The molecule has 2 aromatic carbocycles. The fourth-order valence-corrected chi connectivity index (χ4v) is 3.28. The van der Waals surface area contributed by atoms with Gasteiger partial charge in [0.2, 0.25) is 0 Å². The van der Waals surface area contributed by atoms with Crippen LogP contribution in [0.25, 0.3) is 5.57 Å². The highest BCUT2D eigenvalue weighted by molar-refractivity contribution is 6.32. The molecule has 7 heteroatoms. The van der Waals surface area contributed by atoms with E-state index in [1.165, 1.54) is 0 Å². The fraction of sp³-hybridized carbons (Fsp3) is 0.348. The molecule has 0 atom stereocenters. The van der Waals surface area contributed by atoms with Gasteiger partial charge < -0.3 is 29.7 Å². The third-order valence-electron chi connectivity index (χ3n) is 4.88. The van der Waals surface area contributed by atoms with Crippen LogP contribution in [0.5, 0.6) is 17.2 Å². The van der Waals surface area contributed by atoms with Gasteiger partial charge in [-0.2, -0.15) is 0 Å². The minimum absolute atomic E-state index is 0.145. The SMILES string of the molecule is CCC(Nc1ccc(OCCN(C)C)cc1)=C1C(=O)Nc2cc(OC)c(OC)cc21. The second kappa shape index (κ2) is 9.54. The van der Waals surface area contributed by atoms with Crippen LogP contribution in [0.2, 0.25) is 0 Å². The first-order chi connectivity index (χ1) is 14.5. The molecule has 1 amide bonds. The molecule has 0 saturated carbocycles. The lowest BCUT2D eigenvalue weighted by Gasteiger charge is -2.14. The largest absolute Gasteiger partial charge is 0.493 e. The van der Waals surface area contributed by atoms with Crippen LogP contribution in [0.4, 0.5) is 11.4 Å². The molecule has 2 aromatic rings. The van der Waals surface area contributed by atoms with Gasteiger partial charge in [-0.25, -0.2) is 0 Å². The van der Waals surface area contributed by atoms with Crippen molar-refractivity contribution in [2.45, 2.75) is 13.3 Å². The number of likely N-dealkylation sites (N-methyl/N-ethyl adjacent to an activating group) is 1. The van der Waals surface area contributed by atoms with E-state index in [0.717, 1.165) is 29.2 Å². The average Bonchev–Trinajstić information content (AvgIpc) is 3.06. The van der Waals surface area contributed by atoms with Crippen molar-refractivity contribution >= 4 is 22.9 Å². The molecule has 3 rings (SSSR count). The summed E-state index contributed by atoms with van der Waals surface area (Å²) in [5, 5.41) is 6.31. The number of hydrogen-bond acceptors (Lipinski definition) is 6. The van der Waals surface area contributed by atoms with Gasteiger partial charge in [-0.05, 0) is 50.8 Å². The van der Waals surface area contributed by atoms with Crippen molar-refractivity contribution < 1.29 is 19.0 Å². The molecule has 0 aromatic heterocycles. The molecule has 0 aliphatic carbocycles. The molecular formula is C23H29N3O4. The summed E-state index contributed by atoms with van der Waals surface area (Å²) in [5.41, 5.74) is 3.84. The number of allylic oxidation sites excluding steroid dienone is 1. The number of nitrogens with one attached hydrogen (secondary N) is 2. The Morgan fingerprint density at radius 3 is 2.33 bits per heavy atom. The zero-order chi connectivity index (χ0) is 21.7. The van der Waals surface area contributed by atoms with Gasteiger partial charge in [-0.15, -0.1) is 0 Å². The van der Waals surface area contributed by atoms with Crippen LogP contribution in [-0.4, -0.2) is 52.3 Å². The van der Waals surface area contributed by atoms with Crippen LogP contribution in [-0.2, 0) is 4.79 Å². The third-order valence-corrected chi connectivity index (χ3v) is 4.88. The quantitative estimate of drug-likeness (QED) is 0.611. The third kappa shape index (κ3) is 4.68. The lowest BCUT2D eigenvalue weighted by Crippen LogP contribution is -2.19. The van der Waals surface area contributed by atoms with Crippen molar-refractivity contribution in [2.24, 2.45) is 0 Å². The van der Waals surface area contributed by atoms with E-state index in [1.54, 1.807) is 20.3 Å². The molecule has 0 spiro atoms. The number of hydrogen-bond donors (Lipinski definition) is 2. The van der Waals surface area contributed by atoms with Crippen molar-refractivity contribution in [3.63, 3.8) is 0 Å². The van der Waals surface area contributed by atoms with E-state index in [-0.39, 0.29) is 5.91 Å². The molecule has 1 heterocycles. The maximum Gasteiger partial charge on any atom is 0.258 e. The van der Waals surface area contributed by atoms with E-state index < -0.39 is 0 Å². The van der Waals surface area contributed by atoms with Gasteiger partial charge in [0.25, 0.3) is 5.91 Å². The van der Waals surface area contributed by atoms with Crippen LogP contribution in [0.15, 0.2) is 42.1 Å². The number of rotatable bonds is 9. The Balaban J connectivity index is 1.84. The van der Waals surface area contributed by atoms with Crippen molar-refractivity contribution in [1.29, 1.82) is 0 Å². The molecule has 1 aliphatic heterocycles. The highest BCUT2D eigenvalue weighted by Gasteiger charge is 2.29. The number of carbonyl (C=O) groups is 1. The first kappa shape index (κ1) is 21.5. The number of nitrogens with zero attached hydrogens (tertiary/aromatic N) is 1. The topological polar surface area (TPSA) is 72.1 Å². The Morgan fingerprint density at radius 2 is 1.73 bits per heavy atom. The van der Waals surface area contributed by atoms with E-state index in [2.05, 4.69) is 15.5 Å². The number of benzene rings is 2. The molecule has 30 heavy (non-hydrogen) atoms. The van der Waals surface area contributed by atoms with Crippen molar-refractivity contribution in [3.05, 3.63) is 47.7 Å². The predicted molar refractivity (Wildman–Crippen MR) is 120 cm³/mol. The molecule has 0 saturated heterocycles. The van der Waals surface area contributed by atoms with Gasteiger partial charge in [0, 0.05) is 29.6 Å². The van der Waals surface area contributed by atoms with Crippen molar-refractivity contribution in [1.82, 2.24) is 4.90 Å². The van der Waals surface area contributed by atoms with Crippen LogP contribution < -0.4 is 24.8 Å². The maximum atomic E-state index is 12.7. The van der Waals surface area contributed by atoms with E-state index in [9.17, 15) is 4.79 Å². The number of amides is 1. The lowest BCUT2D eigenvalue weighted by atomic mass is 10.0. The Hall–Kier alpha value is -3.19. The Bertz CT molecular complexity index is 936. The van der Waals surface area contributed by atoms with E-state index in [0.29, 0.717) is 35.8 Å². The summed E-state index contributed by atoms with van der Waals surface area (Å²) >= 11 is 0. The summed E-state index contributed by atoms with van der Waals surface area (Å²) in [6.45, 7) is 3.50. The zero-order valence-electron chi connectivity index (χ0n) is 18.2. The lowest BCUT2D eigenvalue weighted by molar-refractivity contribution is -0.110.